The minimum absolute atomic E-state index is 0.0624. The van der Waals surface area contributed by atoms with Gasteiger partial charge in [0.05, 0.1) is 0 Å². The van der Waals surface area contributed by atoms with E-state index in [4.69, 9.17) is 14.2 Å². The zero-order valence-electron chi connectivity index (χ0n) is 40.9. The van der Waals surface area contributed by atoms with E-state index in [1.54, 1.807) is 0 Å². The molecule has 0 saturated heterocycles. The lowest BCUT2D eigenvalue weighted by atomic mass is 10.0. The van der Waals surface area contributed by atoms with Gasteiger partial charge in [0.2, 0.25) is 0 Å². The molecule has 0 spiro atoms. The van der Waals surface area contributed by atoms with Crippen LogP contribution in [0.5, 0.6) is 0 Å². The monoisotopic (exact) mass is 849 g/mol. The van der Waals surface area contributed by atoms with E-state index in [1.165, 1.54) is 199 Å². The quantitative estimate of drug-likeness (QED) is 0.0345. The van der Waals surface area contributed by atoms with Crippen LogP contribution in [0.15, 0.2) is 0 Å². The molecule has 0 N–H and O–H groups in total. The Morgan fingerprint density at radius 1 is 0.317 bits per heavy atom. The molecule has 0 amide bonds. The van der Waals surface area contributed by atoms with Gasteiger partial charge in [-0.1, -0.05) is 265 Å². The summed E-state index contributed by atoms with van der Waals surface area (Å²) in [4.78, 5) is 38.0. The lowest BCUT2D eigenvalue weighted by Crippen LogP contribution is -2.30. The molecule has 0 aliphatic carbocycles. The van der Waals surface area contributed by atoms with Gasteiger partial charge < -0.3 is 14.2 Å². The third-order valence-electron chi connectivity index (χ3n) is 12.3. The van der Waals surface area contributed by atoms with Gasteiger partial charge in [0.1, 0.15) is 13.2 Å². The molecule has 60 heavy (non-hydrogen) atoms. The van der Waals surface area contributed by atoms with Crippen LogP contribution >= 0.6 is 0 Å². The Morgan fingerprint density at radius 2 is 0.550 bits per heavy atom. The number of unbranched alkanes of at least 4 members (excludes halogenated alkanes) is 36. The number of rotatable bonds is 49. The van der Waals surface area contributed by atoms with Crippen LogP contribution in [0.2, 0.25) is 0 Å². The SMILES string of the molecule is CCCCCCCCCCCCCCCCCC(=O)OC[C@@H](COC(=O)CCCCCCCCCCCCCCC)OC(=O)CCCCCCCCCCCCCC(C)C. The third-order valence-corrected chi connectivity index (χ3v) is 12.3. The molecule has 0 unspecified atom stereocenters. The molecule has 0 heterocycles. The fourth-order valence-electron chi connectivity index (χ4n) is 8.22. The summed E-state index contributed by atoms with van der Waals surface area (Å²) in [5.74, 6) is -0.0162. The Kier molecular flexibility index (Phi) is 47.2. The summed E-state index contributed by atoms with van der Waals surface area (Å²) in [5.41, 5.74) is 0. The van der Waals surface area contributed by atoms with Crippen molar-refractivity contribution in [2.45, 2.75) is 310 Å². The highest BCUT2D eigenvalue weighted by atomic mass is 16.6. The molecule has 0 saturated carbocycles. The van der Waals surface area contributed by atoms with E-state index in [0.29, 0.717) is 19.3 Å². The molecule has 0 aliphatic heterocycles. The molecular weight excluding hydrogens is 745 g/mol. The van der Waals surface area contributed by atoms with Gasteiger partial charge in [0.15, 0.2) is 6.10 Å². The Balaban J connectivity index is 4.31. The zero-order valence-corrected chi connectivity index (χ0v) is 40.9. The minimum atomic E-state index is -0.761. The molecule has 6 heteroatoms. The number of hydrogen-bond donors (Lipinski definition) is 0. The number of esters is 3. The zero-order chi connectivity index (χ0) is 43.8. The third kappa shape index (κ3) is 47.5. The molecule has 356 valence electrons. The van der Waals surface area contributed by atoms with Crippen LogP contribution < -0.4 is 0 Å². The van der Waals surface area contributed by atoms with E-state index in [0.717, 1.165) is 63.7 Å². The van der Waals surface area contributed by atoms with E-state index in [2.05, 4.69) is 27.7 Å². The first-order valence-electron chi connectivity index (χ1n) is 26.9. The second kappa shape index (κ2) is 48.4. The number of hydrogen-bond acceptors (Lipinski definition) is 6. The van der Waals surface area contributed by atoms with Crippen LogP contribution in [-0.2, 0) is 28.6 Å². The molecule has 0 radical (unpaired) electrons. The highest BCUT2D eigenvalue weighted by molar-refractivity contribution is 5.71. The maximum absolute atomic E-state index is 12.8. The van der Waals surface area contributed by atoms with Gasteiger partial charge in [-0.25, -0.2) is 0 Å². The first-order valence-corrected chi connectivity index (χ1v) is 26.9. The molecule has 6 nitrogen and oxygen atoms in total. The van der Waals surface area contributed by atoms with E-state index >= 15 is 0 Å². The fourth-order valence-corrected chi connectivity index (χ4v) is 8.22. The Hall–Kier alpha value is -1.59. The van der Waals surface area contributed by atoms with Crippen molar-refractivity contribution in [2.75, 3.05) is 13.2 Å². The topological polar surface area (TPSA) is 78.9 Å². The van der Waals surface area contributed by atoms with E-state index in [9.17, 15) is 14.4 Å². The second-order valence-corrected chi connectivity index (χ2v) is 19.0. The van der Waals surface area contributed by atoms with Crippen molar-refractivity contribution in [2.24, 2.45) is 5.92 Å². The molecule has 1 atom stereocenters. The molecule has 0 aromatic rings. The summed E-state index contributed by atoms with van der Waals surface area (Å²) in [6.45, 7) is 9.03. The molecule has 0 rings (SSSR count). The Bertz CT molecular complexity index is 903. The van der Waals surface area contributed by atoms with Gasteiger partial charge in [0, 0.05) is 19.3 Å². The normalized spacial score (nSPS) is 11.9. The molecule has 0 aromatic carbocycles. The van der Waals surface area contributed by atoms with Crippen LogP contribution in [-0.4, -0.2) is 37.2 Å². The number of ether oxygens (including phenoxy) is 3. The van der Waals surface area contributed by atoms with Gasteiger partial charge in [0.25, 0.3) is 0 Å². The van der Waals surface area contributed by atoms with Crippen LogP contribution in [0.1, 0.15) is 304 Å². The van der Waals surface area contributed by atoms with Crippen molar-refractivity contribution in [1.29, 1.82) is 0 Å². The Labute approximate surface area is 374 Å². The Morgan fingerprint density at radius 3 is 0.817 bits per heavy atom. The largest absolute Gasteiger partial charge is 0.462 e. The molecule has 0 aliphatic rings. The predicted molar refractivity (Wildman–Crippen MR) is 257 cm³/mol. The summed E-state index contributed by atoms with van der Waals surface area (Å²) in [7, 11) is 0. The highest BCUT2D eigenvalue weighted by Gasteiger charge is 2.19. The van der Waals surface area contributed by atoms with Crippen molar-refractivity contribution in [1.82, 2.24) is 0 Å². The van der Waals surface area contributed by atoms with E-state index < -0.39 is 6.10 Å². The van der Waals surface area contributed by atoms with Crippen molar-refractivity contribution >= 4 is 17.9 Å². The van der Waals surface area contributed by atoms with Crippen LogP contribution in [0.25, 0.3) is 0 Å². The van der Waals surface area contributed by atoms with Crippen molar-refractivity contribution in [3.8, 4) is 0 Å². The molecular formula is C54H104O6. The van der Waals surface area contributed by atoms with Crippen molar-refractivity contribution in [3.63, 3.8) is 0 Å². The fraction of sp³-hybridized carbons (Fsp3) is 0.944. The minimum Gasteiger partial charge on any atom is -0.462 e. The standard InChI is InChI=1S/C54H104O6/c1-5-7-9-11-13-15-17-19-20-22-26-30-34-38-42-46-53(56)59-49-51(48-58-52(55)45-41-37-33-29-25-21-18-16-14-12-10-8-6-2)60-54(57)47-43-39-35-31-27-23-24-28-32-36-40-44-50(3)4/h50-51H,5-49H2,1-4H3/t51-/m1/s1. The lowest BCUT2D eigenvalue weighted by Gasteiger charge is -2.18. The second-order valence-electron chi connectivity index (χ2n) is 19.0. The van der Waals surface area contributed by atoms with Gasteiger partial charge in [-0.3, -0.25) is 14.4 Å². The van der Waals surface area contributed by atoms with E-state index in [-0.39, 0.29) is 31.1 Å². The highest BCUT2D eigenvalue weighted by Crippen LogP contribution is 2.17. The van der Waals surface area contributed by atoms with Crippen LogP contribution in [0, 0.1) is 5.92 Å². The van der Waals surface area contributed by atoms with Crippen LogP contribution in [0.3, 0.4) is 0 Å². The maximum Gasteiger partial charge on any atom is 0.306 e. The summed E-state index contributed by atoms with van der Waals surface area (Å²) >= 11 is 0. The summed E-state index contributed by atoms with van der Waals surface area (Å²) in [6.07, 6.45) is 50.8. The summed E-state index contributed by atoms with van der Waals surface area (Å²) in [6, 6.07) is 0. The summed E-state index contributed by atoms with van der Waals surface area (Å²) < 4.78 is 16.8. The first-order chi connectivity index (χ1) is 29.4. The smallest absolute Gasteiger partial charge is 0.306 e. The van der Waals surface area contributed by atoms with Crippen molar-refractivity contribution in [3.05, 3.63) is 0 Å². The number of carbonyl (C=O) groups excluding carboxylic acids is 3. The van der Waals surface area contributed by atoms with Crippen molar-refractivity contribution < 1.29 is 28.6 Å². The maximum atomic E-state index is 12.8. The van der Waals surface area contributed by atoms with Gasteiger partial charge in [-0.05, 0) is 25.2 Å². The molecule has 0 fully saturated rings. The number of carbonyl (C=O) groups is 3. The van der Waals surface area contributed by atoms with Crippen LogP contribution in [0.4, 0.5) is 0 Å². The molecule has 0 aromatic heterocycles. The predicted octanol–water partition coefficient (Wildman–Crippen LogP) is 17.5. The van der Waals surface area contributed by atoms with Gasteiger partial charge in [-0.15, -0.1) is 0 Å². The lowest BCUT2D eigenvalue weighted by molar-refractivity contribution is -0.167. The van der Waals surface area contributed by atoms with E-state index in [1.807, 2.05) is 0 Å². The first kappa shape index (κ1) is 58.4. The summed E-state index contributed by atoms with van der Waals surface area (Å²) in [5, 5.41) is 0. The van der Waals surface area contributed by atoms with Gasteiger partial charge in [-0.2, -0.15) is 0 Å². The molecule has 0 bridgehead atoms. The van der Waals surface area contributed by atoms with Gasteiger partial charge >= 0.3 is 17.9 Å². The average Bonchev–Trinajstić information content (AvgIpc) is 3.23. The average molecular weight is 849 g/mol.